The number of nitriles is 1. The molecule has 1 heterocycles. The Bertz CT molecular complexity index is 743. The monoisotopic (exact) mass is 266 g/mol. The number of aromatic nitrogens is 1. The summed E-state index contributed by atoms with van der Waals surface area (Å²) in [7, 11) is 0. The second kappa shape index (κ2) is 4.97. The summed E-state index contributed by atoms with van der Waals surface area (Å²) in [6.07, 6.45) is 1.59. The van der Waals surface area contributed by atoms with E-state index in [0.717, 1.165) is 11.1 Å². The van der Waals surface area contributed by atoms with Gasteiger partial charge in [0.25, 0.3) is 5.56 Å². The van der Waals surface area contributed by atoms with E-state index in [2.05, 4.69) is 37.9 Å². The normalized spacial score (nSPS) is 11.2. The molecular formula is C17H18N2O. The van der Waals surface area contributed by atoms with Crippen LogP contribution in [0.15, 0.2) is 35.3 Å². The Hall–Kier alpha value is -2.34. The van der Waals surface area contributed by atoms with Crippen LogP contribution in [-0.4, -0.2) is 4.98 Å². The molecule has 0 unspecified atom stereocenters. The number of nitrogens with zero attached hydrogens (tertiary/aromatic N) is 1. The predicted octanol–water partition coefficient (Wildman–Crippen LogP) is 3.52. The summed E-state index contributed by atoms with van der Waals surface area (Å²) < 4.78 is 0. The molecule has 0 aliphatic carbocycles. The largest absolute Gasteiger partial charge is 0.328 e. The van der Waals surface area contributed by atoms with Crippen LogP contribution in [0.4, 0.5) is 0 Å². The first-order chi connectivity index (χ1) is 9.34. The fraction of sp³-hybridized carbons (Fsp3) is 0.294. The molecule has 1 N–H and O–H groups in total. The average molecular weight is 266 g/mol. The molecule has 0 aliphatic rings. The summed E-state index contributed by atoms with van der Waals surface area (Å²) in [4.78, 5) is 14.3. The van der Waals surface area contributed by atoms with Gasteiger partial charge in [-0.2, -0.15) is 5.26 Å². The summed E-state index contributed by atoms with van der Waals surface area (Å²) in [5.41, 5.74) is 3.73. The zero-order valence-corrected chi connectivity index (χ0v) is 12.2. The van der Waals surface area contributed by atoms with E-state index >= 15 is 0 Å². The number of benzene rings is 1. The zero-order chi connectivity index (χ0) is 14.9. The molecule has 2 aromatic rings. The number of aromatic amines is 1. The van der Waals surface area contributed by atoms with Gasteiger partial charge in [0.05, 0.1) is 0 Å². The fourth-order valence-electron chi connectivity index (χ4n) is 2.19. The van der Waals surface area contributed by atoms with Gasteiger partial charge in [-0.05, 0) is 35.1 Å². The average Bonchev–Trinajstić information content (AvgIpc) is 2.37. The molecule has 0 radical (unpaired) electrons. The highest BCUT2D eigenvalue weighted by molar-refractivity contribution is 5.73. The lowest BCUT2D eigenvalue weighted by Crippen LogP contribution is -2.13. The van der Waals surface area contributed by atoms with Crippen molar-refractivity contribution >= 4 is 0 Å². The van der Waals surface area contributed by atoms with Gasteiger partial charge in [0.15, 0.2) is 0 Å². The van der Waals surface area contributed by atoms with E-state index in [1.54, 1.807) is 12.3 Å². The molecule has 1 aromatic heterocycles. The summed E-state index contributed by atoms with van der Waals surface area (Å²) in [5.74, 6) is 0. The number of pyridine rings is 1. The van der Waals surface area contributed by atoms with Crippen molar-refractivity contribution < 1.29 is 0 Å². The summed E-state index contributed by atoms with van der Waals surface area (Å²) in [5, 5.41) is 9.21. The van der Waals surface area contributed by atoms with Crippen molar-refractivity contribution in [1.82, 2.24) is 4.98 Å². The Kier molecular flexibility index (Phi) is 3.50. The fourth-order valence-corrected chi connectivity index (χ4v) is 2.19. The van der Waals surface area contributed by atoms with Crippen molar-refractivity contribution in [3.05, 3.63) is 57.5 Å². The molecule has 102 valence electrons. The van der Waals surface area contributed by atoms with E-state index in [-0.39, 0.29) is 16.5 Å². The number of H-pyrrole nitrogens is 1. The molecule has 0 aliphatic heterocycles. The second-order valence-electron chi connectivity index (χ2n) is 5.99. The van der Waals surface area contributed by atoms with Gasteiger partial charge < -0.3 is 4.98 Å². The third-order valence-corrected chi connectivity index (χ3v) is 3.47. The molecule has 20 heavy (non-hydrogen) atoms. The Morgan fingerprint density at radius 3 is 2.45 bits per heavy atom. The Balaban J connectivity index is 2.74. The molecule has 0 saturated carbocycles. The van der Waals surface area contributed by atoms with Gasteiger partial charge in [0.1, 0.15) is 11.6 Å². The minimum absolute atomic E-state index is 0.0243. The number of hydrogen-bond acceptors (Lipinski definition) is 2. The molecule has 0 atom stereocenters. The third kappa shape index (κ3) is 2.50. The molecular weight excluding hydrogens is 248 g/mol. The van der Waals surface area contributed by atoms with Crippen molar-refractivity contribution in [1.29, 1.82) is 5.26 Å². The maximum Gasteiger partial charge on any atom is 0.266 e. The summed E-state index contributed by atoms with van der Waals surface area (Å²) in [6, 6.07) is 10.0. The van der Waals surface area contributed by atoms with Crippen LogP contribution in [0.1, 0.15) is 37.5 Å². The molecule has 0 bridgehead atoms. The van der Waals surface area contributed by atoms with E-state index in [0.29, 0.717) is 5.56 Å². The quantitative estimate of drug-likeness (QED) is 0.858. The van der Waals surface area contributed by atoms with Gasteiger partial charge in [0, 0.05) is 11.8 Å². The highest BCUT2D eigenvalue weighted by atomic mass is 16.1. The first-order valence-electron chi connectivity index (χ1n) is 6.58. The second-order valence-corrected chi connectivity index (χ2v) is 5.99. The van der Waals surface area contributed by atoms with Crippen LogP contribution in [0, 0.1) is 18.3 Å². The summed E-state index contributed by atoms with van der Waals surface area (Å²) >= 11 is 0. The van der Waals surface area contributed by atoms with Crippen LogP contribution >= 0.6 is 0 Å². The number of aryl methyl sites for hydroxylation is 1. The van der Waals surface area contributed by atoms with Gasteiger partial charge in [-0.25, -0.2) is 0 Å². The molecule has 0 saturated heterocycles. The van der Waals surface area contributed by atoms with E-state index in [1.807, 2.05) is 19.1 Å². The lowest BCUT2D eigenvalue weighted by molar-refractivity contribution is 0.590. The molecule has 3 nitrogen and oxygen atoms in total. The van der Waals surface area contributed by atoms with Crippen LogP contribution < -0.4 is 5.56 Å². The number of nitrogens with one attached hydrogen (secondary N) is 1. The Morgan fingerprint density at radius 1 is 1.15 bits per heavy atom. The highest BCUT2D eigenvalue weighted by Gasteiger charge is 2.17. The van der Waals surface area contributed by atoms with Crippen LogP contribution in [0.3, 0.4) is 0 Å². The maximum atomic E-state index is 11.8. The van der Waals surface area contributed by atoms with Gasteiger partial charge in [-0.3, -0.25) is 4.79 Å². The first kappa shape index (κ1) is 14.1. The van der Waals surface area contributed by atoms with Crippen LogP contribution in [0.25, 0.3) is 11.1 Å². The SMILES string of the molecule is Cc1ccc(C(C)(C)C)cc1-c1cc[nH]c(=O)c1C#N. The number of rotatable bonds is 1. The highest BCUT2D eigenvalue weighted by Crippen LogP contribution is 2.30. The predicted molar refractivity (Wildman–Crippen MR) is 80.7 cm³/mol. The standard InChI is InChI=1S/C17H18N2O/c1-11-5-6-12(17(2,3)4)9-14(11)13-7-8-19-16(20)15(13)10-18/h5-9H,1-4H3,(H,19,20). The first-order valence-corrected chi connectivity index (χ1v) is 6.58. The van der Waals surface area contributed by atoms with Crippen LogP contribution in [-0.2, 0) is 5.41 Å². The van der Waals surface area contributed by atoms with E-state index in [9.17, 15) is 10.1 Å². The lowest BCUT2D eigenvalue weighted by Gasteiger charge is -2.21. The van der Waals surface area contributed by atoms with E-state index in [4.69, 9.17) is 0 Å². The topological polar surface area (TPSA) is 56.6 Å². The van der Waals surface area contributed by atoms with Gasteiger partial charge in [-0.1, -0.05) is 39.0 Å². The minimum Gasteiger partial charge on any atom is -0.328 e. The molecule has 1 aromatic carbocycles. The third-order valence-electron chi connectivity index (χ3n) is 3.47. The van der Waals surface area contributed by atoms with Gasteiger partial charge in [-0.15, -0.1) is 0 Å². The minimum atomic E-state index is -0.342. The Labute approximate surface area is 118 Å². The Morgan fingerprint density at radius 2 is 1.85 bits per heavy atom. The van der Waals surface area contributed by atoms with Crippen LogP contribution in [0.2, 0.25) is 0 Å². The van der Waals surface area contributed by atoms with Crippen molar-refractivity contribution in [2.75, 3.05) is 0 Å². The van der Waals surface area contributed by atoms with E-state index in [1.165, 1.54) is 5.56 Å². The number of hydrogen-bond donors (Lipinski definition) is 1. The molecule has 2 rings (SSSR count). The molecule has 0 fully saturated rings. The smallest absolute Gasteiger partial charge is 0.266 e. The molecule has 0 spiro atoms. The lowest BCUT2D eigenvalue weighted by atomic mass is 9.84. The summed E-state index contributed by atoms with van der Waals surface area (Å²) in [6.45, 7) is 8.42. The van der Waals surface area contributed by atoms with E-state index < -0.39 is 0 Å². The van der Waals surface area contributed by atoms with Crippen molar-refractivity contribution in [3.63, 3.8) is 0 Å². The van der Waals surface area contributed by atoms with Crippen molar-refractivity contribution in [3.8, 4) is 17.2 Å². The molecule has 0 amide bonds. The van der Waals surface area contributed by atoms with Crippen LogP contribution in [0.5, 0.6) is 0 Å². The maximum absolute atomic E-state index is 11.8. The molecule has 3 heteroatoms. The zero-order valence-electron chi connectivity index (χ0n) is 12.2. The van der Waals surface area contributed by atoms with Gasteiger partial charge in [0.2, 0.25) is 0 Å². The van der Waals surface area contributed by atoms with Crippen molar-refractivity contribution in [2.45, 2.75) is 33.1 Å². The van der Waals surface area contributed by atoms with Gasteiger partial charge >= 0.3 is 0 Å². The van der Waals surface area contributed by atoms with Crippen molar-refractivity contribution in [2.24, 2.45) is 0 Å².